The summed E-state index contributed by atoms with van der Waals surface area (Å²) in [5.74, 6) is -0.627. The molecule has 314 valence electrons. The smallest absolute Gasteiger partial charge is 0.347 e. The molecule has 3 heterocycles. The molecule has 6 aromatic rings. The number of ether oxygens (including phenoxy) is 4. The Bertz CT molecular complexity index is 2490. The number of methoxy groups -OCH3 is 2. The normalized spacial score (nSPS) is 15.1. The van der Waals surface area contributed by atoms with Gasteiger partial charge < -0.3 is 68.6 Å². The molecule has 59 heavy (non-hydrogen) atoms. The zero-order valence-corrected chi connectivity index (χ0v) is 32.3. The van der Waals surface area contributed by atoms with Crippen LogP contribution < -0.4 is 24.4 Å². The third-order valence-electron chi connectivity index (χ3n) is 9.38. The van der Waals surface area contributed by atoms with E-state index in [-0.39, 0.29) is 98.3 Å². The minimum absolute atomic E-state index is 0.0582. The molecule has 1 aliphatic rings. The largest absolute Gasteiger partial charge is 0.507 e. The van der Waals surface area contributed by atoms with Gasteiger partial charge in [0.05, 0.1) is 56.1 Å². The van der Waals surface area contributed by atoms with Gasteiger partial charge in [-0.3, -0.25) is 15.3 Å². The number of phenolic OH excluding ortho intramolecular Hbond substituents is 5. The molecule has 0 bridgehead atoms. The lowest BCUT2D eigenvalue weighted by Crippen LogP contribution is -2.30. The van der Waals surface area contributed by atoms with Crippen molar-refractivity contribution in [2.45, 2.75) is 44.5 Å². The van der Waals surface area contributed by atoms with Gasteiger partial charge in [-0.05, 0) is 67.8 Å². The van der Waals surface area contributed by atoms with Crippen LogP contribution in [0.1, 0.15) is 48.3 Å². The maximum Gasteiger partial charge on any atom is 0.347 e. The summed E-state index contributed by atoms with van der Waals surface area (Å²) in [6.45, 7) is 1.86. The SMILES string of the molecule is CO.COc1cc(-c2oc3cc(=[OH+])cc4oc(/C=C/c5c(O)cc(O)c6c5OC(c5ccc(O)c(O)c5)C(O)C6)cc(c2OCCCC(C)O)c43)cc(OC)c1O.OO. The van der Waals surface area contributed by atoms with Gasteiger partial charge in [-0.1, -0.05) is 6.07 Å². The van der Waals surface area contributed by atoms with Gasteiger partial charge in [-0.25, -0.2) is 0 Å². The number of hydrogen-bond donors (Lipinski definition) is 10. The van der Waals surface area contributed by atoms with E-state index < -0.39 is 24.1 Å². The van der Waals surface area contributed by atoms with Gasteiger partial charge in [-0.2, -0.15) is 0 Å². The maximum atomic E-state index is 11.1. The summed E-state index contributed by atoms with van der Waals surface area (Å²) in [4.78, 5) is 10.7. The highest BCUT2D eigenvalue weighted by Gasteiger charge is 2.34. The lowest BCUT2D eigenvalue weighted by Gasteiger charge is -2.32. The molecule has 17 heteroatoms. The van der Waals surface area contributed by atoms with Crippen LogP contribution in [0.25, 0.3) is 45.4 Å². The van der Waals surface area contributed by atoms with Crippen molar-refractivity contribution in [1.29, 1.82) is 0 Å². The molecule has 0 spiro atoms. The first kappa shape index (κ1) is 43.5. The van der Waals surface area contributed by atoms with Crippen molar-refractivity contribution in [1.82, 2.24) is 0 Å². The second kappa shape index (κ2) is 18.8. The minimum atomic E-state index is -1.15. The van der Waals surface area contributed by atoms with Crippen molar-refractivity contribution in [3.05, 3.63) is 82.5 Å². The van der Waals surface area contributed by atoms with Crippen molar-refractivity contribution in [3.63, 3.8) is 0 Å². The molecule has 0 aliphatic carbocycles. The Morgan fingerprint density at radius 3 is 2.12 bits per heavy atom. The topological polar surface area (TPSA) is 287 Å². The van der Waals surface area contributed by atoms with Crippen LogP contribution in [0.3, 0.4) is 0 Å². The van der Waals surface area contributed by atoms with Crippen molar-refractivity contribution in [3.8, 4) is 63.1 Å². The van der Waals surface area contributed by atoms with E-state index in [0.29, 0.717) is 34.7 Å². The second-order valence-electron chi connectivity index (χ2n) is 13.2. The standard InChI is InChI=1S/C41H38O14.CH4O.H2O2/c1-19(42)5-4-10-52-41-26-16-23(53-32-14-22(43)15-33(36(26)32)54-39(41)21-12-34(50-2)37(49)35(13-21)51-3)7-8-24-28(45)18-29(46)25-17-31(48)38(55-40(24)25)20-6-9-27(44)30(47)11-20;2*1-2/h6-9,11-16,18-19,31,38,42,44-49H,4-5,10,17H2,1-3H3;2H,1H3;1-2H/p+1/b8-7+;;. The summed E-state index contributed by atoms with van der Waals surface area (Å²) in [7, 11) is 3.79. The minimum Gasteiger partial charge on any atom is -0.507 e. The predicted octanol–water partition coefficient (Wildman–Crippen LogP) is 5.77. The Kier molecular flexibility index (Phi) is 13.8. The quantitative estimate of drug-likeness (QED) is 0.0244. The first-order chi connectivity index (χ1) is 28.4. The predicted molar refractivity (Wildman–Crippen MR) is 213 cm³/mol. The zero-order valence-electron chi connectivity index (χ0n) is 32.3. The lowest BCUT2D eigenvalue weighted by atomic mass is 9.92. The molecule has 0 fully saturated rings. The summed E-state index contributed by atoms with van der Waals surface area (Å²) in [6, 6.07) is 12.7. The molecule has 11 N–H and O–H groups in total. The number of aromatic hydroxyl groups is 5. The highest BCUT2D eigenvalue weighted by atomic mass is 17.0. The summed E-state index contributed by atoms with van der Waals surface area (Å²) in [5, 5.41) is 93.2. The molecule has 17 nitrogen and oxygen atoms in total. The lowest BCUT2D eigenvalue weighted by molar-refractivity contribution is -0.176. The van der Waals surface area contributed by atoms with Gasteiger partial charge in [-0.15, -0.1) is 0 Å². The van der Waals surface area contributed by atoms with Gasteiger partial charge in [0.1, 0.15) is 40.3 Å². The summed E-state index contributed by atoms with van der Waals surface area (Å²) >= 11 is 0. The van der Waals surface area contributed by atoms with Crippen LogP contribution in [0.15, 0.2) is 63.4 Å². The van der Waals surface area contributed by atoms with Gasteiger partial charge in [0.25, 0.3) is 0 Å². The average Bonchev–Trinajstić information content (AvgIpc) is 3.22. The van der Waals surface area contributed by atoms with Crippen LogP contribution in [0.5, 0.6) is 51.7 Å². The monoisotopic (exact) mass is 821 g/mol. The molecule has 3 atom stereocenters. The Labute approximate surface area is 335 Å². The molecule has 3 unspecified atom stereocenters. The first-order valence-electron chi connectivity index (χ1n) is 18.0. The highest BCUT2D eigenvalue weighted by Crippen LogP contribution is 2.49. The molecule has 1 aliphatic heterocycles. The van der Waals surface area contributed by atoms with E-state index in [4.69, 9.17) is 43.4 Å². The van der Waals surface area contributed by atoms with E-state index in [1.165, 1.54) is 56.7 Å². The number of aliphatic hydroxyl groups excluding tert-OH is 3. The number of hydrogen-bond acceptors (Lipinski definition) is 16. The van der Waals surface area contributed by atoms with Gasteiger partial charge >= 0.3 is 5.43 Å². The second-order valence-corrected chi connectivity index (χ2v) is 13.2. The van der Waals surface area contributed by atoms with E-state index in [1.54, 1.807) is 25.1 Å². The average molecular weight is 822 g/mol. The third-order valence-corrected chi connectivity index (χ3v) is 9.38. The summed E-state index contributed by atoms with van der Waals surface area (Å²) in [5.41, 5.74) is 1.44. The number of aliphatic hydroxyl groups is 3. The van der Waals surface area contributed by atoms with E-state index in [1.807, 2.05) is 0 Å². The molecule has 7 rings (SSSR count). The van der Waals surface area contributed by atoms with Gasteiger partial charge in [0.2, 0.25) is 5.75 Å². The summed E-state index contributed by atoms with van der Waals surface area (Å²) in [6.07, 6.45) is 1.22. The molecule has 0 amide bonds. The fourth-order valence-corrected chi connectivity index (χ4v) is 6.70. The van der Waals surface area contributed by atoms with Crippen LogP contribution in [-0.4, -0.2) is 96.3 Å². The Balaban J connectivity index is 0.00000160. The Hall–Kier alpha value is -6.63. The van der Waals surface area contributed by atoms with Crippen molar-refractivity contribution in [2.75, 3.05) is 27.9 Å². The van der Waals surface area contributed by atoms with Crippen molar-refractivity contribution < 1.29 is 83.9 Å². The van der Waals surface area contributed by atoms with Gasteiger partial charge in [0.15, 0.2) is 34.5 Å². The van der Waals surface area contributed by atoms with Crippen molar-refractivity contribution >= 4 is 34.1 Å². The fourth-order valence-electron chi connectivity index (χ4n) is 6.70. The van der Waals surface area contributed by atoms with Crippen LogP contribution in [0.4, 0.5) is 0 Å². The Morgan fingerprint density at radius 2 is 1.49 bits per heavy atom. The maximum absolute atomic E-state index is 11.1. The van der Waals surface area contributed by atoms with Crippen LogP contribution in [0, 0.1) is 0 Å². The van der Waals surface area contributed by atoms with E-state index in [9.17, 15) is 40.5 Å². The molecule has 0 saturated carbocycles. The number of fused-ring (bicyclic) bond motifs is 1. The number of rotatable bonds is 11. The molecule has 4 aromatic carbocycles. The van der Waals surface area contributed by atoms with Crippen LogP contribution in [0.2, 0.25) is 0 Å². The Morgan fingerprint density at radius 1 is 0.831 bits per heavy atom. The van der Waals surface area contributed by atoms with Crippen LogP contribution in [-0.2, 0) is 6.42 Å². The zero-order chi connectivity index (χ0) is 43.1. The molecule has 0 radical (unpaired) electrons. The van der Waals surface area contributed by atoms with E-state index in [0.717, 1.165) is 13.2 Å². The van der Waals surface area contributed by atoms with Crippen LogP contribution >= 0.6 is 0 Å². The van der Waals surface area contributed by atoms with E-state index >= 15 is 0 Å². The molecule has 0 saturated heterocycles. The first-order valence-corrected chi connectivity index (χ1v) is 18.0. The van der Waals surface area contributed by atoms with E-state index in [2.05, 4.69) is 0 Å². The number of benzene rings is 4. The van der Waals surface area contributed by atoms with Crippen molar-refractivity contribution in [2.24, 2.45) is 0 Å². The fraction of sp³-hybridized carbons (Fsp3) is 0.262. The number of phenols is 5. The van der Waals surface area contributed by atoms with Gasteiger partial charge in [0, 0.05) is 36.1 Å². The third kappa shape index (κ3) is 8.94. The highest BCUT2D eigenvalue weighted by molar-refractivity contribution is 6.10. The molecular formula is C42H45O17+. The molecule has 2 aromatic heterocycles. The molecular weight excluding hydrogens is 776 g/mol. The summed E-state index contributed by atoms with van der Waals surface area (Å²) < 4.78 is 36.0.